The van der Waals surface area contributed by atoms with Gasteiger partial charge in [0.2, 0.25) is 0 Å². The minimum absolute atomic E-state index is 0.199. The number of carbonyl (C=O) groups excluding carboxylic acids is 1. The molecule has 0 fully saturated rings. The van der Waals surface area contributed by atoms with E-state index in [1.54, 1.807) is 12.4 Å². The first-order valence-electron chi connectivity index (χ1n) is 8.00. The van der Waals surface area contributed by atoms with E-state index in [4.69, 9.17) is 5.21 Å². The predicted octanol–water partition coefficient (Wildman–Crippen LogP) is 1.93. The zero-order valence-corrected chi connectivity index (χ0v) is 14.4. The summed E-state index contributed by atoms with van der Waals surface area (Å²) in [5.74, 6) is 0.0587. The average molecular weight is 341 g/mol. The predicted molar refractivity (Wildman–Crippen MR) is 96.9 cm³/mol. The van der Waals surface area contributed by atoms with E-state index in [-0.39, 0.29) is 6.04 Å². The third-order valence-electron chi connectivity index (χ3n) is 3.46. The lowest BCUT2D eigenvalue weighted by molar-refractivity contribution is -0.124. The molecule has 1 aromatic heterocycles. The van der Waals surface area contributed by atoms with Crippen LogP contribution in [0.3, 0.4) is 0 Å². The van der Waals surface area contributed by atoms with Gasteiger partial charge in [-0.3, -0.25) is 15.0 Å². The van der Waals surface area contributed by atoms with Crippen LogP contribution in [0.15, 0.2) is 48.8 Å². The van der Waals surface area contributed by atoms with Crippen molar-refractivity contribution >= 4 is 17.8 Å². The quantitative estimate of drug-likeness (QED) is 0.386. The van der Waals surface area contributed by atoms with Crippen molar-refractivity contribution in [3.63, 3.8) is 0 Å². The van der Waals surface area contributed by atoms with E-state index in [2.05, 4.69) is 46.3 Å². The molecular formula is C18H23N5O2. The average Bonchev–Trinajstić information content (AvgIpc) is 2.61. The summed E-state index contributed by atoms with van der Waals surface area (Å²) in [7, 11) is 2.08. The van der Waals surface area contributed by atoms with Crippen LogP contribution in [0.4, 0.5) is 5.82 Å². The third-order valence-corrected chi connectivity index (χ3v) is 3.46. The summed E-state index contributed by atoms with van der Waals surface area (Å²) < 4.78 is 0. The van der Waals surface area contributed by atoms with E-state index >= 15 is 0 Å². The summed E-state index contributed by atoms with van der Waals surface area (Å²) in [6, 6.07) is 10.5. The van der Waals surface area contributed by atoms with Crippen molar-refractivity contribution < 1.29 is 10.0 Å². The lowest BCUT2D eigenvalue weighted by Crippen LogP contribution is -2.32. The van der Waals surface area contributed by atoms with Crippen LogP contribution in [0.25, 0.3) is 6.08 Å². The summed E-state index contributed by atoms with van der Waals surface area (Å²) in [6.45, 7) is 3.83. The molecule has 25 heavy (non-hydrogen) atoms. The molecule has 0 saturated heterocycles. The molecule has 7 heteroatoms. The Morgan fingerprint density at radius 2 is 2.04 bits per heavy atom. The summed E-state index contributed by atoms with van der Waals surface area (Å²) in [6.07, 6.45) is 5.83. The van der Waals surface area contributed by atoms with E-state index < -0.39 is 5.91 Å². The first-order valence-corrected chi connectivity index (χ1v) is 8.00. The Labute approximate surface area is 147 Å². The number of nitrogens with zero attached hydrogens (tertiary/aromatic N) is 3. The Morgan fingerprint density at radius 1 is 1.28 bits per heavy atom. The highest BCUT2D eigenvalue weighted by molar-refractivity contribution is 5.90. The fourth-order valence-corrected chi connectivity index (χ4v) is 2.42. The normalized spacial score (nSPS) is 12.3. The molecule has 0 aliphatic carbocycles. The topological polar surface area (TPSA) is 90.4 Å². The first-order chi connectivity index (χ1) is 12.1. The summed E-state index contributed by atoms with van der Waals surface area (Å²) in [4.78, 5) is 21.6. The Bertz CT molecular complexity index is 688. The largest absolute Gasteiger partial charge is 0.365 e. The van der Waals surface area contributed by atoms with Crippen molar-refractivity contribution in [2.45, 2.75) is 19.5 Å². The van der Waals surface area contributed by atoms with Crippen LogP contribution in [0.1, 0.15) is 18.2 Å². The van der Waals surface area contributed by atoms with E-state index in [1.807, 2.05) is 18.2 Å². The van der Waals surface area contributed by atoms with Crippen molar-refractivity contribution in [1.29, 1.82) is 0 Å². The zero-order chi connectivity index (χ0) is 18.1. The molecule has 2 rings (SSSR count). The maximum Gasteiger partial charge on any atom is 0.267 e. The Kier molecular flexibility index (Phi) is 7.06. The third kappa shape index (κ3) is 6.70. The molecule has 0 spiro atoms. The number of rotatable bonds is 8. The van der Waals surface area contributed by atoms with Gasteiger partial charge in [0.25, 0.3) is 5.91 Å². The summed E-state index contributed by atoms with van der Waals surface area (Å²) in [5.41, 5.74) is 3.33. The van der Waals surface area contributed by atoms with Crippen LogP contribution >= 0.6 is 0 Å². The smallest absolute Gasteiger partial charge is 0.267 e. The van der Waals surface area contributed by atoms with Crippen LogP contribution in [0.2, 0.25) is 0 Å². The molecule has 3 N–H and O–H groups in total. The molecule has 0 aliphatic heterocycles. The Hall–Kier alpha value is -2.77. The van der Waals surface area contributed by atoms with Crippen LogP contribution < -0.4 is 10.8 Å². The van der Waals surface area contributed by atoms with Gasteiger partial charge in [0.1, 0.15) is 5.82 Å². The number of carbonyl (C=O) groups is 1. The van der Waals surface area contributed by atoms with Gasteiger partial charge in [-0.1, -0.05) is 30.3 Å². The van der Waals surface area contributed by atoms with Gasteiger partial charge in [-0.15, -0.1) is 0 Å². The standard InChI is InChI=1S/C18H23N5O2/c1-14(12-23(2)13-15-6-4-3-5-7-15)21-17-11-19-16(10-20-17)8-9-18(24)22-25/h3-11,14,25H,12-13H2,1-2H3,(H,20,21)(H,22,24)/t14-/m1/s1. The van der Waals surface area contributed by atoms with Crippen LogP contribution in [-0.2, 0) is 11.3 Å². The maximum absolute atomic E-state index is 10.9. The number of hydrogen-bond acceptors (Lipinski definition) is 6. The Balaban J connectivity index is 1.82. The zero-order valence-electron chi connectivity index (χ0n) is 14.4. The second kappa shape index (κ2) is 9.51. The van der Waals surface area contributed by atoms with Gasteiger partial charge in [0.15, 0.2) is 0 Å². The SMILES string of the molecule is C[C@H](CN(C)Cc1ccccc1)Nc1cnc(C=CC(=O)NO)cn1. The minimum Gasteiger partial charge on any atom is -0.365 e. The molecule has 1 amide bonds. The highest BCUT2D eigenvalue weighted by Gasteiger charge is 2.08. The number of amides is 1. The fourth-order valence-electron chi connectivity index (χ4n) is 2.42. The van der Waals surface area contributed by atoms with Gasteiger partial charge >= 0.3 is 0 Å². The second-order valence-corrected chi connectivity index (χ2v) is 5.86. The molecule has 0 radical (unpaired) electrons. The van der Waals surface area contributed by atoms with Gasteiger partial charge in [-0.25, -0.2) is 10.5 Å². The molecule has 132 valence electrons. The molecule has 1 heterocycles. The summed E-state index contributed by atoms with van der Waals surface area (Å²) in [5, 5.41) is 11.7. The highest BCUT2D eigenvalue weighted by atomic mass is 16.5. The first kappa shape index (κ1) is 18.6. The lowest BCUT2D eigenvalue weighted by Gasteiger charge is -2.22. The molecule has 0 saturated carbocycles. The van der Waals surface area contributed by atoms with Crippen LogP contribution in [0, 0.1) is 0 Å². The number of hydrogen-bond donors (Lipinski definition) is 3. The van der Waals surface area contributed by atoms with E-state index in [0.29, 0.717) is 11.5 Å². The van der Waals surface area contributed by atoms with Crippen molar-refractivity contribution in [1.82, 2.24) is 20.3 Å². The number of aromatic nitrogens is 2. The molecule has 2 aromatic rings. The Morgan fingerprint density at radius 3 is 2.68 bits per heavy atom. The lowest BCUT2D eigenvalue weighted by atomic mass is 10.2. The number of likely N-dealkylation sites (N-methyl/N-ethyl adjacent to an activating group) is 1. The van der Waals surface area contributed by atoms with E-state index in [1.165, 1.54) is 23.2 Å². The van der Waals surface area contributed by atoms with Crippen LogP contribution in [0.5, 0.6) is 0 Å². The van der Waals surface area contributed by atoms with Gasteiger partial charge in [0, 0.05) is 25.2 Å². The highest BCUT2D eigenvalue weighted by Crippen LogP contribution is 2.07. The minimum atomic E-state index is -0.612. The van der Waals surface area contributed by atoms with E-state index in [0.717, 1.165) is 13.1 Å². The van der Waals surface area contributed by atoms with Gasteiger partial charge in [-0.2, -0.15) is 0 Å². The second-order valence-electron chi connectivity index (χ2n) is 5.86. The molecule has 0 unspecified atom stereocenters. The number of hydroxylamine groups is 1. The molecule has 0 aliphatic rings. The molecule has 7 nitrogen and oxygen atoms in total. The van der Waals surface area contributed by atoms with Crippen LogP contribution in [-0.4, -0.2) is 45.6 Å². The monoisotopic (exact) mass is 341 g/mol. The van der Waals surface area contributed by atoms with Crippen molar-refractivity contribution in [3.05, 3.63) is 60.1 Å². The van der Waals surface area contributed by atoms with Gasteiger partial charge < -0.3 is 10.2 Å². The number of benzene rings is 1. The fraction of sp³-hybridized carbons (Fsp3) is 0.278. The summed E-state index contributed by atoms with van der Waals surface area (Å²) >= 11 is 0. The molecular weight excluding hydrogens is 318 g/mol. The van der Waals surface area contributed by atoms with Crippen molar-refractivity contribution in [2.24, 2.45) is 0 Å². The van der Waals surface area contributed by atoms with Gasteiger partial charge in [0.05, 0.1) is 18.1 Å². The number of anilines is 1. The molecule has 1 aromatic carbocycles. The van der Waals surface area contributed by atoms with Gasteiger partial charge in [-0.05, 0) is 25.6 Å². The molecule has 1 atom stereocenters. The van der Waals surface area contributed by atoms with Crippen molar-refractivity contribution in [3.8, 4) is 0 Å². The molecule has 0 bridgehead atoms. The number of nitrogens with one attached hydrogen (secondary N) is 2. The van der Waals surface area contributed by atoms with Crippen molar-refractivity contribution in [2.75, 3.05) is 18.9 Å². The maximum atomic E-state index is 10.9. The van der Waals surface area contributed by atoms with E-state index in [9.17, 15) is 4.79 Å².